The molecule has 2 aromatic carbocycles. The van der Waals surface area contributed by atoms with Crippen LogP contribution in [0.2, 0.25) is 5.02 Å². The fourth-order valence-electron chi connectivity index (χ4n) is 1.79. The third kappa shape index (κ3) is 3.27. The van der Waals surface area contributed by atoms with Crippen molar-refractivity contribution in [1.82, 2.24) is 0 Å². The van der Waals surface area contributed by atoms with Gasteiger partial charge in [0.05, 0.1) is 0 Å². The van der Waals surface area contributed by atoms with Crippen molar-refractivity contribution in [3.63, 3.8) is 0 Å². The molecule has 0 aromatic heterocycles. The number of anilines is 2. The zero-order chi connectivity index (χ0) is 14.7. The maximum absolute atomic E-state index is 13.4. The largest absolute Gasteiger partial charge is 0.323 e. The lowest BCUT2D eigenvalue weighted by Gasteiger charge is -2.12. The lowest BCUT2D eigenvalue weighted by Crippen LogP contribution is -2.20. The second kappa shape index (κ2) is 5.92. The molecule has 0 aliphatic carbocycles. The van der Waals surface area contributed by atoms with Gasteiger partial charge in [0, 0.05) is 22.0 Å². The zero-order valence-corrected chi connectivity index (χ0v) is 11.9. The number of hydrogen-bond donors (Lipinski definition) is 2. The van der Waals surface area contributed by atoms with Crippen molar-refractivity contribution < 1.29 is 9.18 Å². The molecule has 2 aromatic rings. The van der Waals surface area contributed by atoms with Gasteiger partial charge in [0.15, 0.2) is 0 Å². The number of amides is 2. The summed E-state index contributed by atoms with van der Waals surface area (Å²) < 4.78 is 13.4. The molecule has 0 unspecified atom stereocenters. The van der Waals surface area contributed by atoms with Crippen LogP contribution in [0, 0.1) is 19.7 Å². The molecule has 0 aliphatic rings. The Kier molecular flexibility index (Phi) is 4.25. The number of urea groups is 1. The number of nitrogens with one attached hydrogen (secondary N) is 2. The molecule has 0 bridgehead atoms. The summed E-state index contributed by atoms with van der Waals surface area (Å²) in [6, 6.07) is 9.28. The highest BCUT2D eigenvalue weighted by Crippen LogP contribution is 2.21. The minimum Gasteiger partial charge on any atom is -0.307 e. The highest BCUT2D eigenvalue weighted by molar-refractivity contribution is 6.30. The van der Waals surface area contributed by atoms with Crippen molar-refractivity contribution in [2.24, 2.45) is 0 Å². The minimum absolute atomic E-state index is 0.356. The van der Waals surface area contributed by atoms with E-state index >= 15 is 0 Å². The van der Waals surface area contributed by atoms with Crippen LogP contribution in [-0.2, 0) is 0 Å². The first-order valence-corrected chi connectivity index (χ1v) is 6.44. The Labute approximate surface area is 121 Å². The Balaban J connectivity index is 2.11. The number of halogens is 2. The second-order valence-corrected chi connectivity index (χ2v) is 4.89. The molecule has 104 valence electrons. The fraction of sp³-hybridized carbons (Fsp3) is 0.133. The van der Waals surface area contributed by atoms with E-state index in [4.69, 9.17) is 11.6 Å². The summed E-state index contributed by atoms with van der Waals surface area (Å²) in [5.74, 6) is -0.356. The number of aryl methyl sites for hydroxylation is 1. The Morgan fingerprint density at radius 3 is 2.50 bits per heavy atom. The molecule has 20 heavy (non-hydrogen) atoms. The fourth-order valence-corrected chi connectivity index (χ4v) is 2.01. The summed E-state index contributed by atoms with van der Waals surface area (Å²) in [4.78, 5) is 11.9. The Bertz CT molecular complexity index is 658. The van der Waals surface area contributed by atoms with Crippen LogP contribution in [0.15, 0.2) is 36.4 Å². The Morgan fingerprint density at radius 2 is 1.80 bits per heavy atom. The van der Waals surface area contributed by atoms with Crippen LogP contribution in [0.25, 0.3) is 0 Å². The summed E-state index contributed by atoms with van der Waals surface area (Å²) >= 11 is 5.85. The van der Waals surface area contributed by atoms with Gasteiger partial charge in [-0.25, -0.2) is 9.18 Å². The van der Waals surface area contributed by atoms with E-state index in [-0.39, 0.29) is 5.82 Å². The van der Waals surface area contributed by atoms with Crippen LogP contribution in [0.4, 0.5) is 20.6 Å². The Hall–Kier alpha value is -2.07. The molecule has 2 N–H and O–H groups in total. The molecule has 0 saturated heterocycles. The van der Waals surface area contributed by atoms with Crippen LogP contribution in [0.3, 0.4) is 0 Å². The van der Waals surface area contributed by atoms with Gasteiger partial charge < -0.3 is 10.6 Å². The molecule has 3 nitrogen and oxygen atoms in total. The van der Waals surface area contributed by atoms with Gasteiger partial charge in [0.25, 0.3) is 0 Å². The number of hydrogen-bond acceptors (Lipinski definition) is 1. The molecule has 2 amide bonds. The van der Waals surface area contributed by atoms with Crippen molar-refractivity contribution in [3.05, 3.63) is 58.4 Å². The molecule has 5 heteroatoms. The van der Waals surface area contributed by atoms with Crippen molar-refractivity contribution in [1.29, 1.82) is 0 Å². The quantitative estimate of drug-likeness (QED) is 0.824. The van der Waals surface area contributed by atoms with Gasteiger partial charge in [-0.2, -0.15) is 0 Å². The van der Waals surface area contributed by atoms with Crippen LogP contribution in [0.1, 0.15) is 11.1 Å². The summed E-state index contributed by atoms with van der Waals surface area (Å²) in [7, 11) is 0. The number of benzene rings is 2. The molecular formula is C15H14ClFN2O. The van der Waals surface area contributed by atoms with Gasteiger partial charge in [-0.15, -0.1) is 0 Å². The average Bonchev–Trinajstić information content (AvgIpc) is 2.38. The highest BCUT2D eigenvalue weighted by atomic mass is 35.5. The third-order valence-electron chi connectivity index (χ3n) is 2.95. The summed E-state index contributed by atoms with van der Waals surface area (Å²) in [6.45, 7) is 3.45. The van der Waals surface area contributed by atoms with Crippen LogP contribution in [0.5, 0.6) is 0 Å². The summed E-state index contributed by atoms with van der Waals surface area (Å²) in [6.07, 6.45) is 0. The van der Waals surface area contributed by atoms with Crippen LogP contribution < -0.4 is 10.6 Å². The topological polar surface area (TPSA) is 41.1 Å². The molecule has 0 spiro atoms. The van der Waals surface area contributed by atoms with Gasteiger partial charge in [-0.3, -0.25) is 0 Å². The van der Waals surface area contributed by atoms with E-state index in [9.17, 15) is 9.18 Å². The molecule has 0 radical (unpaired) electrons. The standard InChI is InChI=1S/C15H14ClFN2O/c1-9-8-11(16)6-7-13(9)18-15(20)19-14-5-3-4-12(17)10(14)2/h3-8H,1-2H3,(H2,18,19,20). The van der Waals surface area contributed by atoms with Gasteiger partial charge in [0.2, 0.25) is 0 Å². The number of rotatable bonds is 2. The van der Waals surface area contributed by atoms with Gasteiger partial charge in [0.1, 0.15) is 5.82 Å². The van der Waals surface area contributed by atoms with E-state index in [1.807, 2.05) is 6.92 Å². The predicted molar refractivity (Wildman–Crippen MR) is 80.0 cm³/mol. The first-order chi connectivity index (χ1) is 9.47. The molecular weight excluding hydrogens is 279 g/mol. The molecule has 0 saturated carbocycles. The van der Waals surface area contributed by atoms with Crippen molar-refractivity contribution in [2.75, 3.05) is 10.6 Å². The second-order valence-electron chi connectivity index (χ2n) is 4.45. The summed E-state index contributed by atoms with van der Waals surface area (Å²) in [5, 5.41) is 5.93. The van der Waals surface area contributed by atoms with E-state index in [2.05, 4.69) is 10.6 Å². The minimum atomic E-state index is -0.427. The normalized spacial score (nSPS) is 10.2. The molecule has 0 aliphatic heterocycles. The van der Waals surface area contributed by atoms with Crippen molar-refractivity contribution >= 4 is 29.0 Å². The van der Waals surface area contributed by atoms with Gasteiger partial charge in [-0.1, -0.05) is 17.7 Å². The molecule has 0 heterocycles. The molecule has 2 rings (SSSR count). The highest BCUT2D eigenvalue weighted by Gasteiger charge is 2.08. The van der Waals surface area contributed by atoms with E-state index in [1.165, 1.54) is 6.07 Å². The van der Waals surface area contributed by atoms with Crippen molar-refractivity contribution in [3.8, 4) is 0 Å². The first kappa shape index (κ1) is 14.3. The van der Waals surface area contributed by atoms with E-state index < -0.39 is 6.03 Å². The monoisotopic (exact) mass is 292 g/mol. The zero-order valence-electron chi connectivity index (χ0n) is 11.1. The lowest BCUT2D eigenvalue weighted by atomic mass is 10.2. The lowest BCUT2D eigenvalue weighted by molar-refractivity contribution is 0.262. The van der Waals surface area contributed by atoms with Gasteiger partial charge >= 0.3 is 6.03 Å². The smallest absolute Gasteiger partial charge is 0.307 e. The molecule has 0 atom stereocenters. The first-order valence-electron chi connectivity index (χ1n) is 6.06. The maximum atomic E-state index is 13.4. The van der Waals surface area contributed by atoms with Crippen molar-refractivity contribution in [2.45, 2.75) is 13.8 Å². The van der Waals surface area contributed by atoms with E-state index in [0.29, 0.717) is 22.0 Å². The maximum Gasteiger partial charge on any atom is 0.323 e. The third-order valence-corrected chi connectivity index (χ3v) is 3.19. The molecule has 0 fully saturated rings. The summed E-state index contributed by atoms with van der Waals surface area (Å²) in [5.41, 5.74) is 2.34. The number of carbonyl (C=O) groups excluding carboxylic acids is 1. The van der Waals surface area contributed by atoms with Crippen LogP contribution in [-0.4, -0.2) is 6.03 Å². The number of carbonyl (C=O) groups is 1. The van der Waals surface area contributed by atoms with Gasteiger partial charge in [-0.05, 0) is 49.7 Å². The van der Waals surface area contributed by atoms with E-state index in [0.717, 1.165) is 5.56 Å². The predicted octanol–water partition coefficient (Wildman–Crippen LogP) is 4.74. The Morgan fingerprint density at radius 1 is 1.10 bits per heavy atom. The van der Waals surface area contributed by atoms with E-state index in [1.54, 1.807) is 37.3 Å². The van der Waals surface area contributed by atoms with Crippen LogP contribution >= 0.6 is 11.6 Å². The SMILES string of the molecule is Cc1cc(Cl)ccc1NC(=O)Nc1cccc(F)c1C. The average molecular weight is 293 g/mol.